The number of hydrogen-bond acceptors (Lipinski definition) is 7. The summed E-state index contributed by atoms with van der Waals surface area (Å²) in [5.74, 6) is -0.920. The summed E-state index contributed by atoms with van der Waals surface area (Å²) >= 11 is 0. The van der Waals surface area contributed by atoms with Gasteiger partial charge in [-0.15, -0.1) is 0 Å². The summed E-state index contributed by atoms with van der Waals surface area (Å²) in [6.45, 7) is 3.49. The normalized spacial score (nSPS) is 22.9. The molecule has 0 aliphatic heterocycles. The number of hydrogen-bond donors (Lipinski definition) is 4. The van der Waals surface area contributed by atoms with E-state index < -0.39 is 23.5 Å². The molecule has 0 radical (unpaired) electrons. The second kappa shape index (κ2) is 8.32. The molecule has 158 valence electrons. The molecule has 1 fully saturated rings. The fourth-order valence-corrected chi connectivity index (χ4v) is 4.07. The first-order chi connectivity index (χ1) is 13.7. The van der Waals surface area contributed by atoms with Gasteiger partial charge in [-0.2, -0.15) is 0 Å². The lowest BCUT2D eigenvalue weighted by Gasteiger charge is -2.30. The largest absolute Gasteiger partial charge is 0.481 e. The van der Waals surface area contributed by atoms with Gasteiger partial charge in [-0.05, 0) is 18.3 Å². The number of rotatable bonds is 6. The standard InChI is InChI=1S/C19H28N6O4/c1-19(2,8-14(27)28)7-13(26)24-11-5-3-4-6-12(16(11)29)25-10-23-15-17(20)21-9-22-18(15)25/h9-12,16,29H,3-8H2,1-2H3,(H,24,26)(H,27,28)(H2,20,21,22)/t11-,12+,16+/m0/s1. The lowest BCUT2D eigenvalue weighted by atomic mass is 9.85. The SMILES string of the molecule is CC(C)(CC(=O)O)CC(=O)N[C@H]1CCCC[C@@H](n2cnc3c(N)ncnc32)[C@@H]1O. The maximum atomic E-state index is 12.5. The lowest BCUT2D eigenvalue weighted by molar-refractivity contribution is -0.139. The molecular weight excluding hydrogens is 376 g/mol. The molecule has 1 amide bonds. The van der Waals surface area contributed by atoms with E-state index in [1.807, 2.05) is 0 Å². The monoisotopic (exact) mass is 404 g/mol. The second-order valence-corrected chi connectivity index (χ2v) is 8.51. The van der Waals surface area contributed by atoms with E-state index in [2.05, 4.69) is 20.3 Å². The van der Waals surface area contributed by atoms with E-state index in [0.717, 1.165) is 12.8 Å². The third kappa shape index (κ3) is 4.81. The van der Waals surface area contributed by atoms with E-state index in [1.54, 1.807) is 24.7 Å². The van der Waals surface area contributed by atoms with Crippen molar-refractivity contribution in [2.45, 2.75) is 70.6 Å². The number of nitrogens with zero attached hydrogens (tertiary/aromatic N) is 4. The number of aliphatic hydroxyl groups excluding tert-OH is 1. The first-order valence-corrected chi connectivity index (χ1v) is 9.80. The highest BCUT2D eigenvalue weighted by Gasteiger charge is 2.34. The molecule has 10 heteroatoms. The van der Waals surface area contributed by atoms with Crippen molar-refractivity contribution in [3.63, 3.8) is 0 Å². The number of nitrogens with two attached hydrogens (primary N) is 1. The molecule has 2 aromatic heterocycles. The summed E-state index contributed by atoms with van der Waals surface area (Å²) in [5, 5.41) is 23.0. The van der Waals surface area contributed by atoms with Gasteiger partial charge in [0.25, 0.3) is 0 Å². The molecule has 1 aliphatic carbocycles. The molecule has 1 saturated carbocycles. The predicted molar refractivity (Wildman–Crippen MR) is 106 cm³/mol. The Hall–Kier alpha value is -2.75. The molecule has 5 N–H and O–H groups in total. The summed E-state index contributed by atoms with van der Waals surface area (Å²) in [4.78, 5) is 36.0. The van der Waals surface area contributed by atoms with Crippen molar-refractivity contribution in [3.05, 3.63) is 12.7 Å². The van der Waals surface area contributed by atoms with Crippen molar-refractivity contribution >= 4 is 28.9 Å². The second-order valence-electron chi connectivity index (χ2n) is 8.51. The van der Waals surface area contributed by atoms with Crippen LogP contribution in [0.3, 0.4) is 0 Å². The van der Waals surface area contributed by atoms with Gasteiger partial charge in [-0.1, -0.05) is 26.7 Å². The Morgan fingerprint density at radius 1 is 1.24 bits per heavy atom. The average Bonchev–Trinajstić information content (AvgIpc) is 2.96. The Morgan fingerprint density at radius 3 is 2.69 bits per heavy atom. The van der Waals surface area contributed by atoms with Gasteiger partial charge in [-0.25, -0.2) is 15.0 Å². The number of amides is 1. The number of anilines is 1. The van der Waals surface area contributed by atoms with E-state index >= 15 is 0 Å². The van der Waals surface area contributed by atoms with Crippen molar-refractivity contribution in [1.29, 1.82) is 0 Å². The van der Waals surface area contributed by atoms with Crippen molar-refractivity contribution in [3.8, 4) is 0 Å². The average molecular weight is 404 g/mol. The maximum Gasteiger partial charge on any atom is 0.303 e. The van der Waals surface area contributed by atoms with Crippen LogP contribution in [0.25, 0.3) is 11.2 Å². The van der Waals surface area contributed by atoms with E-state index in [0.29, 0.717) is 24.0 Å². The molecule has 3 atom stereocenters. The van der Waals surface area contributed by atoms with Crippen LogP contribution in [0.2, 0.25) is 0 Å². The Balaban J connectivity index is 1.76. The molecule has 0 unspecified atom stereocenters. The van der Waals surface area contributed by atoms with Crippen LogP contribution in [-0.2, 0) is 9.59 Å². The number of carboxylic acids is 1. The number of carbonyl (C=O) groups excluding carboxylic acids is 1. The van der Waals surface area contributed by atoms with E-state index in [9.17, 15) is 14.7 Å². The van der Waals surface area contributed by atoms with Gasteiger partial charge < -0.3 is 25.8 Å². The van der Waals surface area contributed by atoms with Gasteiger partial charge in [0.2, 0.25) is 5.91 Å². The van der Waals surface area contributed by atoms with Crippen molar-refractivity contribution in [1.82, 2.24) is 24.8 Å². The number of nitrogen functional groups attached to an aromatic ring is 1. The fraction of sp³-hybridized carbons (Fsp3) is 0.632. The summed E-state index contributed by atoms with van der Waals surface area (Å²) in [6, 6.07) is -0.749. The van der Waals surface area contributed by atoms with Crippen molar-refractivity contribution in [2.75, 3.05) is 5.73 Å². The minimum Gasteiger partial charge on any atom is -0.481 e. The zero-order valence-corrected chi connectivity index (χ0v) is 16.7. The maximum absolute atomic E-state index is 12.5. The molecule has 3 rings (SSSR count). The number of imidazole rings is 1. The number of aromatic nitrogens is 4. The molecule has 0 aromatic carbocycles. The van der Waals surface area contributed by atoms with Gasteiger partial charge >= 0.3 is 5.97 Å². The van der Waals surface area contributed by atoms with Crippen LogP contribution in [0.4, 0.5) is 5.82 Å². The first kappa shape index (κ1) is 21.0. The Labute approximate surface area is 168 Å². The molecule has 2 heterocycles. The van der Waals surface area contributed by atoms with E-state index in [4.69, 9.17) is 10.8 Å². The van der Waals surface area contributed by atoms with Gasteiger partial charge in [0, 0.05) is 6.42 Å². The fourth-order valence-electron chi connectivity index (χ4n) is 4.07. The molecule has 2 aromatic rings. The molecule has 29 heavy (non-hydrogen) atoms. The molecule has 10 nitrogen and oxygen atoms in total. The van der Waals surface area contributed by atoms with Crippen LogP contribution >= 0.6 is 0 Å². The highest BCUT2D eigenvalue weighted by Crippen LogP contribution is 2.31. The topological polar surface area (TPSA) is 156 Å². The molecular formula is C19H28N6O4. The highest BCUT2D eigenvalue weighted by molar-refractivity contribution is 5.81. The summed E-state index contributed by atoms with van der Waals surface area (Å²) in [7, 11) is 0. The quantitative estimate of drug-likeness (QED) is 0.524. The number of carbonyl (C=O) groups is 2. The minimum absolute atomic E-state index is 0.0744. The van der Waals surface area contributed by atoms with Crippen LogP contribution < -0.4 is 11.1 Å². The molecule has 0 bridgehead atoms. The Kier molecular flexibility index (Phi) is 6.02. The zero-order valence-electron chi connectivity index (χ0n) is 16.7. The number of fused-ring (bicyclic) bond motifs is 1. The van der Waals surface area contributed by atoms with Crippen LogP contribution in [0.5, 0.6) is 0 Å². The highest BCUT2D eigenvalue weighted by atomic mass is 16.4. The predicted octanol–water partition coefficient (Wildman–Crippen LogP) is 1.26. The lowest BCUT2D eigenvalue weighted by Crippen LogP contribution is -2.47. The number of aliphatic hydroxyl groups is 1. The minimum atomic E-state index is -0.939. The van der Waals surface area contributed by atoms with Crippen LogP contribution in [-0.4, -0.2) is 53.8 Å². The van der Waals surface area contributed by atoms with Crippen molar-refractivity contribution < 1.29 is 19.8 Å². The summed E-state index contributed by atoms with van der Waals surface area (Å²) < 4.78 is 1.80. The Morgan fingerprint density at radius 2 is 1.97 bits per heavy atom. The molecule has 0 saturated heterocycles. The molecule has 1 aliphatic rings. The number of nitrogens with one attached hydrogen (secondary N) is 1. The van der Waals surface area contributed by atoms with Gasteiger partial charge in [0.05, 0.1) is 30.9 Å². The van der Waals surface area contributed by atoms with E-state index in [1.165, 1.54) is 6.33 Å². The van der Waals surface area contributed by atoms with Crippen LogP contribution in [0.1, 0.15) is 58.4 Å². The third-order valence-corrected chi connectivity index (χ3v) is 5.43. The van der Waals surface area contributed by atoms with E-state index in [-0.39, 0.29) is 30.6 Å². The third-order valence-electron chi connectivity index (χ3n) is 5.43. The smallest absolute Gasteiger partial charge is 0.303 e. The molecule has 0 spiro atoms. The van der Waals surface area contributed by atoms with Crippen LogP contribution in [0, 0.1) is 5.41 Å². The van der Waals surface area contributed by atoms with Gasteiger partial charge in [-0.3, -0.25) is 9.59 Å². The van der Waals surface area contributed by atoms with Crippen LogP contribution in [0.15, 0.2) is 12.7 Å². The van der Waals surface area contributed by atoms with Gasteiger partial charge in [0.15, 0.2) is 11.5 Å². The Bertz CT molecular complexity index is 896. The summed E-state index contributed by atoms with van der Waals surface area (Å²) in [6.07, 6.45) is 5.22. The first-order valence-electron chi connectivity index (χ1n) is 9.80. The van der Waals surface area contributed by atoms with Crippen molar-refractivity contribution in [2.24, 2.45) is 5.41 Å². The summed E-state index contributed by atoms with van der Waals surface area (Å²) in [5.41, 5.74) is 6.23. The number of carboxylic acid groups (broad SMARTS) is 1. The zero-order chi connectivity index (χ0) is 21.2. The number of aliphatic carboxylic acids is 1. The van der Waals surface area contributed by atoms with Gasteiger partial charge in [0.1, 0.15) is 11.8 Å².